The van der Waals surface area contributed by atoms with Gasteiger partial charge in [0.1, 0.15) is 13.2 Å². The Morgan fingerprint density at radius 3 is 0.812 bits per heavy atom. The van der Waals surface area contributed by atoms with E-state index < -0.39 is 6.10 Å². The lowest BCUT2D eigenvalue weighted by Gasteiger charge is -2.18. The molecule has 454 valence electrons. The van der Waals surface area contributed by atoms with Gasteiger partial charge in [-0.2, -0.15) is 0 Å². The Morgan fingerprint density at radius 1 is 0.263 bits per heavy atom. The fourth-order valence-corrected chi connectivity index (χ4v) is 8.92. The highest BCUT2D eigenvalue weighted by Crippen LogP contribution is 2.16. The first-order valence-corrected chi connectivity index (χ1v) is 33.2. The van der Waals surface area contributed by atoms with E-state index in [0.29, 0.717) is 19.3 Å². The van der Waals surface area contributed by atoms with Gasteiger partial charge < -0.3 is 14.2 Å². The lowest BCUT2D eigenvalue weighted by atomic mass is 10.0. The molecule has 0 bridgehead atoms. The molecule has 0 aliphatic heterocycles. The van der Waals surface area contributed by atoms with E-state index >= 15 is 0 Å². The predicted molar refractivity (Wildman–Crippen MR) is 348 cm³/mol. The molecular weight excluding hydrogens is 985 g/mol. The van der Waals surface area contributed by atoms with Crippen LogP contribution in [0, 0.1) is 0 Å². The molecule has 1 unspecified atom stereocenters. The average molecular weight is 1110 g/mol. The summed E-state index contributed by atoms with van der Waals surface area (Å²) in [6, 6.07) is 0. The van der Waals surface area contributed by atoms with Gasteiger partial charge in [0.2, 0.25) is 0 Å². The number of ether oxygens (including phenoxy) is 3. The Morgan fingerprint density at radius 2 is 0.500 bits per heavy atom. The molecule has 0 aliphatic carbocycles. The molecule has 0 amide bonds. The van der Waals surface area contributed by atoms with E-state index in [4.69, 9.17) is 14.2 Å². The van der Waals surface area contributed by atoms with Gasteiger partial charge in [-0.3, -0.25) is 14.4 Å². The third-order valence-electron chi connectivity index (χ3n) is 13.9. The van der Waals surface area contributed by atoms with Crippen LogP contribution >= 0.6 is 0 Å². The van der Waals surface area contributed by atoms with E-state index in [-0.39, 0.29) is 31.1 Å². The minimum atomic E-state index is -0.794. The second-order valence-electron chi connectivity index (χ2n) is 21.6. The van der Waals surface area contributed by atoms with Crippen LogP contribution in [0.4, 0.5) is 0 Å². The first kappa shape index (κ1) is 75.5. The highest BCUT2D eigenvalue weighted by molar-refractivity contribution is 5.71. The molecule has 6 heteroatoms. The van der Waals surface area contributed by atoms with E-state index in [1.807, 2.05) is 0 Å². The van der Waals surface area contributed by atoms with Crippen LogP contribution in [0.2, 0.25) is 0 Å². The monoisotopic (exact) mass is 1110 g/mol. The first-order valence-electron chi connectivity index (χ1n) is 33.2. The van der Waals surface area contributed by atoms with Crippen molar-refractivity contribution in [3.63, 3.8) is 0 Å². The summed E-state index contributed by atoms with van der Waals surface area (Å²) in [5.41, 5.74) is 0. The van der Waals surface area contributed by atoms with Crippen molar-refractivity contribution in [3.8, 4) is 0 Å². The number of carbonyl (C=O) groups is 3. The number of hydrogen-bond donors (Lipinski definition) is 0. The Labute approximate surface area is 494 Å². The summed E-state index contributed by atoms with van der Waals surface area (Å²) in [6.45, 7) is 6.47. The van der Waals surface area contributed by atoms with Crippen molar-refractivity contribution in [1.82, 2.24) is 0 Å². The molecule has 0 radical (unpaired) electrons. The summed E-state index contributed by atoms with van der Waals surface area (Å²) in [7, 11) is 0. The minimum absolute atomic E-state index is 0.0906. The van der Waals surface area contributed by atoms with E-state index in [2.05, 4.69) is 154 Å². The number of allylic oxidation sites excluding steroid dienone is 22. The molecule has 0 aromatic heterocycles. The maximum absolute atomic E-state index is 12.9. The van der Waals surface area contributed by atoms with Crippen LogP contribution in [0.15, 0.2) is 134 Å². The molecule has 0 aromatic rings. The lowest BCUT2D eigenvalue weighted by Crippen LogP contribution is -2.30. The van der Waals surface area contributed by atoms with Crippen LogP contribution in [0.3, 0.4) is 0 Å². The third-order valence-corrected chi connectivity index (χ3v) is 13.9. The Bertz CT molecular complexity index is 1700. The molecule has 0 saturated heterocycles. The molecule has 0 N–H and O–H groups in total. The van der Waals surface area contributed by atoms with Gasteiger partial charge in [-0.1, -0.05) is 296 Å². The van der Waals surface area contributed by atoms with E-state index in [1.54, 1.807) is 0 Å². The molecule has 0 heterocycles. The number of carbonyl (C=O) groups excluding carboxylic acids is 3. The van der Waals surface area contributed by atoms with E-state index in [9.17, 15) is 14.4 Å². The van der Waals surface area contributed by atoms with E-state index in [0.717, 1.165) is 148 Å². The molecule has 6 nitrogen and oxygen atoms in total. The predicted octanol–water partition coefficient (Wildman–Crippen LogP) is 22.9. The summed E-state index contributed by atoms with van der Waals surface area (Å²) in [6.07, 6.45) is 94.7. The highest BCUT2D eigenvalue weighted by Gasteiger charge is 2.19. The third kappa shape index (κ3) is 64.4. The molecular formula is C74H122O6. The standard InChI is InChI=1S/C74H122O6/c1-4-7-10-13-16-19-22-24-26-28-29-30-31-32-33-34-35-36-37-38-39-40-41-42-43-44-45-46-48-49-52-55-58-61-64-67-73(76)79-70-71(69-78-72(75)66-63-60-57-54-51-21-18-15-12-9-6-3)80-74(77)68-65-62-59-56-53-50-47-27-25-23-20-17-14-11-8-5-2/h7,10,15-16,18-19,24,26,29-30,32-33,35-36,38-39,41-42,44-45,48-49,71H,4-6,8-9,11-14,17,20-23,25,27-28,31,34,37,40,43,46-47,50-70H2,1-3H3/b10-7-,18-15-,19-16-,26-24-,30-29-,33-32-,36-35-,39-38-,42-41-,45-44-,49-48-. The zero-order chi connectivity index (χ0) is 57.8. The van der Waals surface area contributed by atoms with Crippen molar-refractivity contribution < 1.29 is 28.6 Å². The summed E-state index contributed by atoms with van der Waals surface area (Å²) >= 11 is 0. The van der Waals surface area contributed by atoms with Crippen LogP contribution < -0.4 is 0 Å². The Hall–Kier alpha value is -4.45. The summed E-state index contributed by atoms with van der Waals surface area (Å²) in [4.78, 5) is 38.2. The molecule has 0 aromatic carbocycles. The minimum Gasteiger partial charge on any atom is -0.462 e. The fourth-order valence-electron chi connectivity index (χ4n) is 8.92. The van der Waals surface area contributed by atoms with Gasteiger partial charge in [-0.05, 0) is 116 Å². The normalized spacial score (nSPS) is 13.0. The maximum Gasteiger partial charge on any atom is 0.306 e. The SMILES string of the molecule is CC/C=C\C/C=C\C/C=C\C/C=C\C/C=C\C/C=C\C/C=C\C/C=C\C/C=C\C/C=C\CCCCCCC(=O)OCC(COC(=O)CCCCCCC/C=C\CCCC)OC(=O)CCCCCCCCCCCCCCCCCC. The smallest absolute Gasteiger partial charge is 0.306 e. The number of rotatable bonds is 59. The van der Waals surface area contributed by atoms with Gasteiger partial charge in [-0.25, -0.2) is 0 Å². The molecule has 0 aliphatic rings. The van der Waals surface area contributed by atoms with E-state index in [1.165, 1.54) is 109 Å². The zero-order valence-electron chi connectivity index (χ0n) is 52.0. The second-order valence-corrected chi connectivity index (χ2v) is 21.6. The van der Waals surface area contributed by atoms with Crippen LogP contribution in [0.1, 0.15) is 297 Å². The van der Waals surface area contributed by atoms with Crippen molar-refractivity contribution in [1.29, 1.82) is 0 Å². The van der Waals surface area contributed by atoms with Gasteiger partial charge in [-0.15, -0.1) is 0 Å². The average Bonchev–Trinajstić information content (AvgIpc) is 3.46. The number of unbranched alkanes of at least 4 members (excludes halogenated alkanes) is 26. The number of hydrogen-bond acceptors (Lipinski definition) is 6. The molecule has 80 heavy (non-hydrogen) atoms. The van der Waals surface area contributed by atoms with Gasteiger partial charge >= 0.3 is 17.9 Å². The second kappa shape index (κ2) is 67.1. The molecule has 1 atom stereocenters. The van der Waals surface area contributed by atoms with Crippen LogP contribution in [-0.4, -0.2) is 37.2 Å². The van der Waals surface area contributed by atoms with Crippen molar-refractivity contribution in [2.75, 3.05) is 13.2 Å². The summed E-state index contributed by atoms with van der Waals surface area (Å²) in [5, 5.41) is 0. The van der Waals surface area contributed by atoms with Gasteiger partial charge in [0, 0.05) is 19.3 Å². The van der Waals surface area contributed by atoms with Crippen molar-refractivity contribution in [3.05, 3.63) is 134 Å². The number of esters is 3. The van der Waals surface area contributed by atoms with Crippen LogP contribution in [0.25, 0.3) is 0 Å². The molecule has 0 spiro atoms. The fraction of sp³-hybridized carbons (Fsp3) is 0.662. The quantitative estimate of drug-likeness (QED) is 0.0261. The van der Waals surface area contributed by atoms with Crippen LogP contribution in [0.5, 0.6) is 0 Å². The van der Waals surface area contributed by atoms with Crippen molar-refractivity contribution >= 4 is 17.9 Å². The topological polar surface area (TPSA) is 78.9 Å². The van der Waals surface area contributed by atoms with Gasteiger partial charge in [0.15, 0.2) is 6.10 Å². The first-order chi connectivity index (χ1) is 39.5. The van der Waals surface area contributed by atoms with Gasteiger partial charge in [0.25, 0.3) is 0 Å². The Kier molecular flexibility index (Phi) is 63.3. The molecule has 0 saturated carbocycles. The lowest BCUT2D eigenvalue weighted by molar-refractivity contribution is -0.167. The Balaban J connectivity index is 4.28. The molecule has 0 rings (SSSR count). The van der Waals surface area contributed by atoms with Crippen molar-refractivity contribution in [2.45, 2.75) is 303 Å². The van der Waals surface area contributed by atoms with Crippen LogP contribution in [-0.2, 0) is 28.6 Å². The molecule has 0 fully saturated rings. The summed E-state index contributed by atoms with van der Waals surface area (Å²) in [5.74, 6) is -0.920. The van der Waals surface area contributed by atoms with Gasteiger partial charge in [0.05, 0.1) is 0 Å². The summed E-state index contributed by atoms with van der Waals surface area (Å²) < 4.78 is 16.9. The zero-order valence-corrected chi connectivity index (χ0v) is 52.0. The largest absolute Gasteiger partial charge is 0.462 e. The highest BCUT2D eigenvalue weighted by atomic mass is 16.6. The maximum atomic E-state index is 12.9. The van der Waals surface area contributed by atoms with Crippen molar-refractivity contribution in [2.24, 2.45) is 0 Å².